The zero-order chi connectivity index (χ0) is 5.28. The van der Waals surface area contributed by atoms with Gasteiger partial charge in [0.1, 0.15) is 0 Å². The summed E-state index contributed by atoms with van der Waals surface area (Å²) in [5, 5.41) is 0. The van der Waals surface area contributed by atoms with Gasteiger partial charge in [-0.3, -0.25) is 0 Å². The van der Waals surface area contributed by atoms with E-state index in [0.29, 0.717) is 0 Å². The van der Waals surface area contributed by atoms with E-state index in [-0.39, 0.29) is 0 Å². The van der Waals surface area contributed by atoms with Crippen LogP contribution in [0.5, 0.6) is 0 Å². The van der Waals surface area contributed by atoms with Crippen LogP contribution in [-0.2, 0) is 0 Å². The first-order chi connectivity index (χ1) is 3.30. The molecular weight excluding hydrogens is 84.1 g/mol. The third-order valence-electron chi connectivity index (χ3n) is 1.85. The predicted octanol–water partition coefficient (Wildman–Crippen LogP) is 2.22. The minimum absolute atomic E-state index is 0.833. The van der Waals surface area contributed by atoms with Gasteiger partial charge < -0.3 is 0 Å². The molecule has 40 valence electrons. The second-order valence-electron chi connectivity index (χ2n) is 2.50. The summed E-state index contributed by atoms with van der Waals surface area (Å²) in [7, 11) is 0. The van der Waals surface area contributed by atoms with E-state index < -0.39 is 0 Å². The first-order valence-electron chi connectivity index (χ1n) is 2.97. The topological polar surface area (TPSA) is 0 Å². The van der Waals surface area contributed by atoms with Crippen LogP contribution in [-0.4, -0.2) is 0 Å². The minimum Gasteiger partial charge on any atom is -0.0880 e. The maximum atomic E-state index is 2.30. The van der Waals surface area contributed by atoms with Gasteiger partial charge in [-0.2, -0.15) is 0 Å². The Bertz CT molecular complexity index is 82.0. The normalized spacial score (nSPS) is 39.7. The van der Waals surface area contributed by atoms with E-state index in [4.69, 9.17) is 0 Å². The fourth-order valence-corrected chi connectivity index (χ4v) is 0.912. The van der Waals surface area contributed by atoms with Crippen molar-refractivity contribution in [3.05, 3.63) is 12.2 Å². The second kappa shape index (κ2) is 1.69. The fourth-order valence-electron chi connectivity index (χ4n) is 0.912. The molecule has 7 heavy (non-hydrogen) atoms. The van der Waals surface area contributed by atoms with Crippen LogP contribution in [0.4, 0.5) is 0 Å². The van der Waals surface area contributed by atoms with E-state index in [0.717, 1.165) is 11.8 Å². The Morgan fingerprint density at radius 2 is 2.14 bits per heavy atom. The lowest BCUT2D eigenvalue weighted by Gasteiger charge is -2.04. The maximum absolute atomic E-state index is 2.30. The Balaban J connectivity index is 2.45. The van der Waals surface area contributed by atoms with Crippen LogP contribution in [0.2, 0.25) is 0 Å². The van der Waals surface area contributed by atoms with Crippen molar-refractivity contribution in [1.29, 1.82) is 0 Å². The summed E-state index contributed by atoms with van der Waals surface area (Å²) in [6.45, 7) is 4.57. The summed E-state index contributed by atoms with van der Waals surface area (Å²) in [6, 6.07) is 0. The Morgan fingerprint density at radius 3 is 2.29 bits per heavy atom. The highest BCUT2D eigenvalue weighted by Crippen LogP contribution is 2.22. The lowest BCUT2D eigenvalue weighted by Crippen LogP contribution is -1.96. The first kappa shape index (κ1) is 4.89. The molecule has 0 heteroatoms. The van der Waals surface area contributed by atoms with E-state index >= 15 is 0 Å². The molecule has 0 spiro atoms. The van der Waals surface area contributed by atoms with Gasteiger partial charge in [-0.1, -0.05) is 26.0 Å². The van der Waals surface area contributed by atoms with Gasteiger partial charge in [0.05, 0.1) is 0 Å². The van der Waals surface area contributed by atoms with Crippen LogP contribution in [0.15, 0.2) is 12.2 Å². The Hall–Kier alpha value is -0.260. The van der Waals surface area contributed by atoms with Gasteiger partial charge in [0.15, 0.2) is 0 Å². The Kier molecular flexibility index (Phi) is 1.18. The SMILES string of the molecule is C[C@@H]1C=CC[C@@H]1C. The third-order valence-corrected chi connectivity index (χ3v) is 1.85. The molecular formula is C7H12. The highest BCUT2D eigenvalue weighted by atomic mass is 14.2. The van der Waals surface area contributed by atoms with Gasteiger partial charge in [0.25, 0.3) is 0 Å². The molecule has 0 radical (unpaired) electrons. The highest BCUT2D eigenvalue weighted by Gasteiger charge is 2.11. The van der Waals surface area contributed by atoms with Crippen molar-refractivity contribution in [2.45, 2.75) is 20.3 Å². The molecule has 0 aliphatic heterocycles. The highest BCUT2D eigenvalue weighted by molar-refractivity contribution is 4.97. The molecule has 1 aliphatic carbocycles. The molecule has 0 bridgehead atoms. The van der Waals surface area contributed by atoms with Crippen LogP contribution in [0.3, 0.4) is 0 Å². The molecule has 1 aliphatic rings. The van der Waals surface area contributed by atoms with Crippen molar-refractivity contribution in [1.82, 2.24) is 0 Å². The second-order valence-corrected chi connectivity index (χ2v) is 2.50. The summed E-state index contributed by atoms with van der Waals surface area (Å²) in [6.07, 6.45) is 5.86. The van der Waals surface area contributed by atoms with Gasteiger partial charge in [-0.15, -0.1) is 0 Å². The minimum atomic E-state index is 0.833. The van der Waals surface area contributed by atoms with E-state index in [1.807, 2.05) is 0 Å². The van der Waals surface area contributed by atoms with Crippen LogP contribution in [0.25, 0.3) is 0 Å². The number of hydrogen-bond acceptors (Lipinski definition) is 0. The van der Waals surface area contributed by atoms with Gasteiger partial charge >= 0.3 is 0 Å². The Labute approximate surface area is 45.2 Å². The monoisotopic (exact) mass is 96.1 g/mol. The van der Waals surface area contributed by atoms with Crippen LogP contribution < -0.4 is 0 Å². The maximum Gasteiger partial charge on any atom is -0.0233 e. The molecule has 0 fully saturated rings. The molecule has 0 aromatic rings. The summed E-state index contributed by atoms with van der Waals surface area (Å²) < 4.78 is 0. The fraction of sp³-hybridized carbons (Fsp3) is 0.714. The molecule has 0 unspecified atom stereocenters. The van der Waals surface area contributed by atoms with Crippen LogP contribution in [0.1, 0.15) is 20.3 Å². The van der Waals surface area contributed by atoms with E-state index in [2.05, 4.69) is 26.0 Å². The average Bonchev–Trinajstić information content (AvgIpc) is 1.91. The molecule has 0 amide bonds. The summed E-state index contributed by atoms with van der Waals surface area (Å²) in [5.41, 5.74) is 0. The van der Waals surface area contributed by atoms with Crippen molar-refractivity contribution in [2.24, 2.45) is 11.8 Å². The van der Waals surface area contributed by atoms with Crippen molar-refractivity contribution in [3.63, 3.8) is 0 Å². The number of rotatable bonds is 0. The van der Waals surface area contributed by atoms with Crippen molar-refractivity contribution < 1.29 is 0 Å². The Morgan fingerprint density at radius 1 is 1.43 bits per heavy atom. The predicted molar refractivity (Wildman–Crippen MR) is 32.1 cm³/mol. The van der Waals surface area contributed by atoms with Crippen LogP contribution in [0, 0.1) is 11.8 Å². The average molecular weight is 96.2 g/mol. The summed E-state index contributed by atoms with van der Waals surface area (Å²) in [4.78, 5) is 0. The number of allylic oxidation sites excluding steroid dienone is 2. The standard InChI is InChI=1S/C7H12/c1-6-4-3-5-7(6)2/h3-4,6-7H,5H2,1-2H3/t6-,7+/m1/s1. The molecule has 0 aromatic carbocycles. The van der Waals surface area contributed by atoms with Gasteiger partial charge in [-0.25, -0.2) is 0 Å². The lowest BCUT2D eigenvalue weighted by atomic mass is 10.0. The summed E-state index contributed by atoms with van der Waals surface area (Å²) in [5.74, 6) is 1.74. The van der Waals surface area contributed by atoms with Crippen molar-refractivity contribution in [3.8, 4) is 0 Å². The van der Waals surface area contributed by atoms with Gasteiger partial charge in [0, 0.05) is 0 Å². The zero-order valence-corrected chi connectivity index (χ0v) is 5.02. The first-order valence-corrected chi connectivity index (χ1v) is 2.97. The van der Waals surface area contributed by atoms with E-state index in [1.54, 1.807) is 0 Å². The third kappa shape index (κ3) is 0.846. The molecule has 0 heterocycles. The summed E-state index contributed by atoms with van der Waals surface area (Å²) >= 11 is 0. The molecule has 1 rings (SSSR count). The smallest absolute Gasteiger partial charge is 0.0233 e. The van der Waals surface area contributed by atoms with E-state index in [9.17, 15) is 0 Å². The zero-order valence-electron chi connectivity index (χ0n) is 5.02. The van der Waals surface area contributed by atoms with Crippen molar-refractivity contribution >= 4 is 0 Å². The van der Waals surface area contributed by atoms with Gasteiger partial charge in [0.2, 0.25) is 0 Å². The molecule has 0 aromatic heterocycles. The number of hydrogen-bond donors (Lipinski definition) is 0. The van der Waals surface area contributed by atoms with Gasteiger partial charge in [-0.05, 0) is 18.3 Å². The quantitative estimate of drug-likeness (QED) is 0.406. The molecule has 0 saturated carbocycles. The molecule has 2 atom stereocenters. The molecule has 0 N–H and O–H groups in total. The van der Waals surface area contributed by atoms with Crippen molar-refractivity contribution in [2.75, 3.05) is 0 Å². The van der Waals surface area contributed by atoms with E-state index in [1.165, 1.54) is 6.42 Å². The molecule has 0 saturated heterocycles. The van der Waals surface area contributed by atoms with Crippen LogP contribution >= 0.6 is 0 Å². The lowest BCUT2D eigenvalue weighted by molar-refractivity contribution is 0.498. The largest absolute Gasteiger partial charge is 0.0880 e. The molecule has 0 nitrogen and oxygen atoms in total.